The molecule has 0 aliphatic rings. The van der Waals surface area contributed by atoms with Crippen molar-refractivity contribution in [1.29, 1.82) is 5.26 Å². The average Bonchev–Trinajstić information content (AvgIpc) is 2.26. The highest BCUT2D eigenvalue weighted by Gasteiger charge is 2.09. The molecule has 0 saturated carbocycles. The molecule has 0 aliphatic carbocycles. The summed E-state index contributed by atoms with van der Waals surface area (Å²) in [6.07, 6.45) is 0. The third-order valence-electron chi connectivity index (χ3n) is 1.46. The van der Waals surface area contributed by atoms with Crippen molar-refractivity contribution in [2.45, 2.75) is 0 Å². The highest BCUT2D eigenvalue weighted by molar-refractivity contribution is 7.42. The van der Waals surface area contributed by atoms with Crippen LogP contribution < -0.4 is 4.52 Å². The topological polar surface area (TPSA) is 51.5 Å². The van der Waals surface area contributed by atoms with E-state index in [1.807, 2.05) is 6.07 Å². The van der Waals surface area contributed by atoms with E-state index in [-0.39, 0.29) is 0 Å². The molecule has 0 amide bonds. The van der Waals surface area contributed by atoms with E-state index in [9.17, 15) is 0 Å². The SMILES string of the molecule is COP(OC)Oc1ccc(C#N)cc1. The molecule has 1 aromatic rings. The second kappa shape index (κ2) is 5.56. The van der Waals surface area contributed by atoms with E-state index in [2.05, 4.69) is 0 Å². The van der Waals surface area contributed by atoms with Crippen molar-refractivity contribution in [3.8, 4) is 11.8 Å². The zero-order valence-corrected chi connectivity index (χ0v) is 8.82. The van der Waals surface area contributed by atoms with Gasteiger partial charge in [-0.1, -0.05) is 0 Å². The van der Waals surface area contributed by atoms with Gasteiger partial charge in [0.2, 0.25) is 0 Å². The second-order valence-corrected chi connectivity index (χ2v) is 3.68. The largest absolute Gasteiger partial charge is 0.427 e. The van der Waals surface area contributed by atoms with Gasteiger partial charge in [-0.2, -0.15) is 5.26 Å². The van der Waals surface area contributed by atoms with Crippen molar-refractivity contribution in [3.63, 3.8) is 0 Å². The lowest BCUT2D eigenvalue weighted by atomic mass is 10.2. The fourth-order valence-corrected chi connectivity index (χ4v) is 1.42. The van der Waals surface area contributed by atoms with Crippen LogP contribution in [0.5, 0.6) is 5.75 Å². The molecular formula is C9H10NO3P. The Morgan fingerprint density at radius 3 is 2.14 bits per heavy atom. The zero-order chi connectivity index (χ0) is 10.4. The Morgan fingerprint density at radius 2 is 1.71 bits per heavy atom. The summed E-state index contributed by atoms with van der Waals surface area (Å²) in [6.45, 7) is 0. The number of hydrogen-bond acceptors (Lipinski definition) is 4. The molecule has 74 valence electrons. The first-order chi connectivity index (χ1) is 6.80. The molecule has 0 heterocycles. The molecule has 0 aromatic heterocycles. The summed E-state index contributed by atoms with van der Waals surface area (Å²) in [6, 6.07) is 8.77. The van der Waals surface area contributed by atoms with Gasteiger partial charge in [-0.25, -0.2) is 0 Å². The Labute approximate surface area is 84.0 Å². The molecule has 0 fully saturated rings. The summed E-state index contributed by atoms with van der Waals surface area (Å²) in [5.74, 6) is 0.624. The summed E-state index contributed by atoms with van der Waals surface area (Å²) in [7, 11) is 1.70. The molecule has 0 radical (unpaired) electrons. The predicted octanol–water partition coefficient (Wildman–Crippen LogP) is 2.46. The van der Waals surface area contributed by atoms with E-state index in [1.165, 1.54) is 14.2 Å². The number of benzene rings is 1. The maximum atomic E-state index is 8.57. The molecule has 0 bridgehead atoms. The Bertz CT molecular complexity index is 316. The molecule has 1 aromatic carbocycles. The van der Waals surface area contributed by atoms with Crippen molar-refractivity contribution < 1.29 is 13.6 Å². The van der Waals surface area contributed by atoms with Gasteiger partial charge in [0.05, 0.1) is 11.6 Å². The fraction of sp³-hybridized carbons (Fsp3) is 0.222. The minimum Gasteiger partial charge on any atom is -0.427 e. The molecule has 14 heavy (non-hydrogen) atoms. The van der Waals surface area contributed by atoms with Gasteiger partial charge < -0.3 is 13.6 Å². The summed E-state index contributed by atoms with van der Waals surface area (Å²) >= 11 is 0. The van der Waals surface area contributed by atoms with Gasteiger partial charge in [-0.3, -0.25) is 0 Å². The van der Waals surface area contributed by atoms with Crippen molar-refractivity contribution in [2.75, 3.05) is 14.2 Å². The normalized spacial score (nSPS) is 9.86. The first-order valence-electron chi connectivity index (χ1n) is 3.86. The lowest BCUT2D eigenvalue weighted by Crippen LogP contribution is -1.91. The van der Waals surface area contributed by atoms with Gasteiger partial charge in [0.15, 0.2) is 0 Å². The molecule has 4 nitrogen and oxygen atoms in total. The molecule has 0 aliphatic heterocycles. The minimum atomic E-state index is -1.33. The number of nitriles is 1. The zero-order valence-electron chi connectivity index (χ0n) is 7.93. The summed E-state index contributed by atoms with van der Waals surface area (Å²) in [4.78, 5) is 0. The Morgan fingerprint density at radius 1 is 1.14 bits per heavy atom. The summed E-state index contributed by atoms with van der Waals surface area (Å²) in [5, 5.41) is 8.57. The third-order valence-corrected chi connectivity index (χ3v) is 2.42. The number of nitrogens with zero attached hydrogens (tertiary/aromatic N) is 1. The Kier molecular flexibility index (Phi) is 4.34. The van der Waals surface area contributed by atoms with Crippen LogP contribution in [-0.2, 0) is 9.05 Å². The molecule has 1 rings (SSSR count). The van der Waals surface area contributed by atoms with Crippen LogP contribution in [0.4, 0.5) is 0 Å². The smallest absolute Gasteiger partial charge is 0.396 e. The van der Waals surface area contributed by atoms with Crippen LogP contribution in [0, 0.1) is 11.3 Å². The first-order valence-corrected chi connectivity index (χ1v) is 4.96. The van der Waals surface area contributed by atoms with Crippen molar-refractivity contribution in [1.82, 2.24) is 0 Å². The molecule has 0 spiro atoms. The number of hydrogen-bond donors (Lipinski definition) is 0. The van der Waals surface area contributed by atoms with Gasteiger partial charge in [0.1, 0.15) is 5.75 Å². The third kappa shape index (κ3) is 2.97. The fourth-order valence-electron chi connectivity index (χ4n) is 0.825. The van der Waals surface area contributed by atoms with E-state index < -0.39 is 8.60 Å². The van der Waals surface area contributed by atoms with Crippen molar-refractivity contribution in [2.24, 2.45) is 0 Å². The highest BCUT2D eigenvalue weighted by atomic mass is 31.2. The van der Waals surface area contributed by atoms with Gasteiger partial charge >= 0.3 is 8.60 Å². The molecule has 0 atom stereocenters. The molecular weight excluding hydrogens is 201 g/mol. The van der Waals surface area contributed by atoms with E-state index in [4.69, 9.17) is 18.8 Å². The van der Waals surface area contributed by atoms with E-state index in [1.54, 1.807) is 24.3 Å². The van der Waals surface area contributed by atoms with Crippen LogP contribution in [0.25, 0.3) is 0 Å². The van der Waals surface area contributed by atoms with E-state index >= 15 is 0 Å². The lowest BCUT2D eigenvalue weighted by Gasteiger charge is -2.11. The van der Waals surface area contributed by atoms with E-state index in [0.717, 1.165) is 0 Å². The molecule has 0 unspecified atom stereocenters. The molecule has 0 N–H and O–H groups in total. The summed E-state index contributed by atoms with van der Waals surface area (Å²) in [5.41, 5.74) is 0.594. The van der Waals surface area contributed by atoms with Gasteiger partial charge in [-0.15, -0.1) is 0 Å². The molecule has 5 heteroatoms. The van der Waals surface area contributed by atoms with Crippen LogP contribution in [-0.4, -0.2) is 14.2 Å². The second-order valence-electron chi connectivity index (χ2n) is 2.32. The van der Waals surface area contributed by atoms with Crippen LogP contribution in [0.1, 0.15) is 5.56 Å². The Hall–Kier alpha value is -1.14. The minimum absolute atomic E-state index is 0.594. The highest BCUT2D eigenvalue weighted by Crippen LogP contribution is 2.38. The summed E-state index contributed by atoms with van der Waals surface area (Å²) < 4.78 is 15.2. The maximum absolute atomic E-state index is 8.57. The van der Waals surface area contributed by atoms with Gasteiger partial charge in [0, 0.05) is 14.2 Å². The quantitative estimate of drug-likeness (QED) is 0.718. The maximum Gasteiger partial charge on any atom is 0.396 e. The van der Waals surface area contributed by atoms with Crippen LogP contribution in [0.3, 0.4) is 0 Å². The molecule has 0 saturated heterocycles. The standard InChI is InChI=1S/C9H10NO3P/c1-11-14(12-2)13-9-5-3-8(7-10)4-6-9/h3-6H,1-2H3. The van der Waals surface area contributed by atoms with Crippen LogP contribution in [0.15, 0.2) is 24.3 Å². The predicted molar refractivity (Wildman–Crippen MR) is 52.7 cm³/mol. The van der Waals surface area contributed by atoms with Crippen molar-refractivity contribution >= 4 is 8.60 Å². The monoisotopic (exact) mass is 211 g/mol. The average molecular weight is 211 g/mol. The van der Waals surface area contributed by atoms with E-state index in [0.29, 0.717) is 11.3 Å². The van der Waals surface area contributed by atoms with Gasteiger partial charge in [0.25, 0.3) is 0 Å². The Balaban J connectivity index is 2.64. The lowest BCUT2D eigenvalue weighted by molar-refractivity contribution is 0.277. The number of rotatable bonds is 4. The first kappa shape index (κ1) is 10.9. The van der Waals surface area contributed by atoms with Crippen LogP contribution >= 0.6 is 8.60 Å². The van der Waals surface area contributed by atoms with Crippen LogP contribution in [0.2, 0.25) is 0 Å². The van der Waals surface area contributed by atoms with Gasteiger partial charge in [-0.05, 0) is 24.3 Å². The van der Waals surface area contributed by atoms with Crippen molar-refractivity contribution in [3.05, 3.63) is 29.8 Å².